The molecule has 7 heteroatoms. The fourth-order valence-corrected chi connectivity index (χ4v) is 1.92. The lowest BCUT2D eigenvalue weighted by Crippen LogP contribution is -2.29. The van der Waals surface area contributed by atoms with Crippen LogP contribution >= 0.6 is 0 Å². The molecule has 0 fully saturated rings. The summed E-state index contributed by atoms with van der Waals surface area (Å²) in [6.07, 6.45) is 1.01. The van der Waals surface area contributed by atoms with Crippen molar-refractivity contribution in [2.75, 3.05) is 31.5 Å². The van der Waals surface area contributed by atoms with Gasteiger partial charge in [0.15, 0.2) is 11.6 Å². The van der Waals surface area contributed by atoms with Gasteiger partial charge >= 0.3 is 0 Å². The van der Waals surface area contributed by atoms with Crippen LogP contribution in [0.15, 0.2) is 12.1 Å². The number of rotatable bonds is 8. The normalized spacial score (nSPS) is 10.8. The maximum atomic E-state index is 13.6. The fourth-order valence-electron chi connectivity index (χ4n) is 1.92. The number of nitrogens with zero attached hydrogens (tertiary/aromatic N) is 2. The van der Waals surface area contributed by atoms with Gasteiger partial charge in [-0.1, -0.05) is 13.8 Å². The zero-order valence-corrected chi connectivity index (χ0v) is 11.7. The average Bonchev–Trinajstić information content (AvgIpc) is 2.40. The van der Waals surface area contributed by atoms with Crippen LogP contribution in [0.3, 0.4) is 0 Å². The molecule has 0 unspecified atom stereocenters. The molecular weight excluding hydrogens is 268 g/mol. The SMILES string of the molecule is CCCN(CC)CCNc1c(F)cc([N+](=O)[O-])cc1F. The molecule has 1 aromatic carbocycles. The molecule has 0 bridgehead atoms. The van der Waals surface area contributed by atoms with Crippen LogP contribution in [0.1, 0.15) is 20.3 Å². The lowest BCUT2D eigenvalue weighted by atomic mass is 10.2. The standard InChI is InChI=1S/C13H19F2N3O2/c1-3-6-17(4-2)7-5-16-13-11(14)8-10(18(19)20)9-12(13)15/h8-9,16H,3-7H2,1-2H3. The summed E-state index contributed by atoms with van der Waals surface area (Å²) < 4.78 is 27.2. The Kier molecular flexibility index (Phi) is 6.30. The van der Waals surface area contributed by atoms with Crippen molar-refractivity contribution in [3.8, 4) is 0 Å². The Bertz CT molecular complexity index is 446. The van der Waals surface area contributed by atoms with E-state index < -0.39 is 22.2 Å². The summed E-state index contributed by atoms with van der Waals surface area (Å²) in [7, 11) is 0. The Morgan fingerprint density at radius 1 is 1.25 bits per heavy atom. The summed E-state index contributed by atoms with van der Waals surface area (Å²) in [6, 6.07) is 1.43. The average molecular weight is 287 g/mol. The van der Waals surface area contributed by atoms with E-state index in [0.29, 0.717) is 13.1 Å². The molecule has 0 heterocycles. The van der Waals surface area contributed by atoms with Crippen molar-refractivity contribution in [1.29, 1.82) is 0 Å². The predicted octanol–water partition coefficient (Wildman–Crippen LogP) is 3.02. The second-order valence-electron chi connectivity index (χ2n) is 4.40. The van der Waals surface area contributed by atoms with Crippen LogP contribution < -0.4 is 5.32 Å². The second-order valence-corrected chi connectivity index (χ2v) is 4.40. The van der Waals surface area contributed by atoms with Gasteiger partial charge in [0.05, 0.1) is 17.1 Å². The van der Waals surface area contributed by atoms with Gasteiger partial charge in [-0.2, -0.15) is 0 Å². The van der Waals surface area contributed by atoms with E-state index in [2.05, 4.69) is 17.1 Å². The van der Waals surface area contributed by atoms with E-state index in [1.54, 1.807) is 0 Å². The summed E-state index contributed by atoms with van der Waals surface area (Å²) in [5, 5.41) is 13.1. The van der Waals surface area contributed by atoms with Crippen molar-refractivity contribution in [2.45, 2.75) is 20.3 Å². The topological polar surface area (TPSA) is 58.4 Å². The highest BCUT2D eigenvalue weighted by molar-refractivity contribution is 5.51. The summed E-state index contributed by atoms with van der Waals surface area (Å²) in [4.78, 5) is 11.8. The zero-order valence-electron chi connectivity index (χ0n) is 11.7. The Balaban J connectivity index is 2.66. The van der Waals surface area contributed by atoms with Gasteiger partial charge in [0.1, 0.15) is 5.69 Å². The number of nitro benzene ring substituents is 1. The van der Waals surface area contributed by atoms with Crippen molar-refractivity contribution in [3.05, 3.63) is 33.9 Å². The van der Waals surface area contributed by atoms with Gasteiger partial charge < -0.3 is 10.2 Å². The van der Waals surface area contributed by atoms with Crippen molar-refractivity contribution in [1.82, 2.24) is 4.90 Å². The third kappa shape index (κ3) is 4.41. The minimum atomic E-state index is -0.949. The third-order valence-corrected chi connectivity index (χ3v) is 2.95. The van der Waals surface area contributed by atoms with Crippen LogP contribution in [-0.4, -0.2) is 36.0 Å². The maximum absolute atomic E-state index is 13.6. The summed E-state index contributed by atoms with van der Waals surface area (Å²) in [5.74, 6) is -1.90. The molecule has 0 aliphatic carbocycles. The van der Waals surface area contributed by atoms with E-state index in [4.69, 9.17) is 0 Å². The van der Waals surface area contributed by atoms with Gasteiger partial charge in [-0.3, -0.25) is 10.1 Å². The number of hydrogen-bond donors (Lipinski definition) is 1. The minimum Gasteiger partial charge on any atom is -0.379 e. The molecule has 0 radical (unpaired) electrons. The molecular formula is C13H19F2N3O2. The van der Waals surface area contributed by atoms with Gasteiger partial charge in [0.2, 0.25) is 0 Å². The largest absolute Gasteiger partial charge is 0.379 e. The monoisotopic (exact) mass is 287 g/mol. The zero-order chi connectivity index (χ0) is 15.1. The number of nitrogens with one attached hydrogen (secondary N) is 1. The number of anilines is 1. The van der Waals surface area contributed by atoms with Gasteiger partial charge in [-0.15, -0.1) is 0 Å². The van der Waals surface area contributed by atoms with E-state index >= 15 is 0 Å². The van der Waals surface area contributed by atoms with Crippen molar-refractivity contribution in [2.24, 2.45) is 0 Å². The molecule has 1 rings (SSSR count). The number of non-ortho nitro benzene ring substituents is 1. The highest BCUT2D eigenvalue weighted by Gasteiger charge is 2.16. The van der Waals surface area contributed by atoms with Crippen molar-refractivity contribution < 1.29 is 13.7 Å². The molecule has 0 aliphatic rings. The summed E-state index contributed by atoms with van der Waals surface area (Å²) in [6.45, 7) is 6.89. The van der Waals surface area contributed by atoms with Crippen LogP contribution in [-0.2, 0) is 0 Å². The van der Waals surface area contributed by atoms with Gasteiger partial charge in [-0.25, -0.2) is 8.78 Å². The van der Waals surface area contributed by atoms with Gasteiger partial charge in [0.25, 0.3) is 5.69 Å². The molecule has 1 N–H and O–H groups in total. The molecule has 0 amide bonds. The molecule has 0 saturated heterocycles. The number of nitro groups is 1. The Labute approximate surface area is 116 Å². The Morgan fingerprint density at radius 3 is 2.30 bits per heavy atom. The molecule has 112 valence electrons. The van der Waals surface area contributed by atoms with Crippen molar-refractivity contribution >= 4 is 11.4 Å². The molecule has 20 heavy (non-hydrogen) atoms. The second kappa shape index (κ2) is 7.74. The lowest BCUT2D eigenvalue weighted by Gasteiger charge is -2.20. The van der Waals surface area contributed by atoms with Crippen LogP contribution in [0, 0.1) is 21.7 Å². The first-order valence-corrected chi connectivity index (χ1v) is 6.59. The molecule has 0 saturated carbocycles. The first-order chi connectivity index (χ1) is 9.49. The minimum absolute atomic E-state index is 0.317. The van der Waals surface area contributed by atoms with E-state index in [9.17, 15) is 18.9 Å². The maximum Gasteiger partial charge on any atom is 0.275 e. The van der Waals surface area contributed by atoms with Crippen LogP contribution in [0.4, 0.5) is 20.2 Å². The molecule has 0 aromatic heterocycles. The number of benzene rings is 1. The highest BCUT2D eigenvalue weighted by atomic mass is 19.1. The summed E-state index contributed by atoms with van der Waals surface area (Å²) in [5.41, 5.74) is -0.908. The van der Waals surface area contributed by atoms with Crippen LogP contribution in [0.2, 0.25) is 0 Å². The van der Waals surface area contributed by atoms with E-state index in [0.717, 1.165) is 31.6 Å². The molecule has 0 atom stereocenters. The molecule has 0 aliphatic heterocycles. The summed E-state index contributed by atoms with van der Waals surface area (Å²) >= 11 is 0. The Morgan fingerprint density at radius 2 is 1.85 bits per heavy atom. The van der Waals surface area contributed by atoms with E-state index in [1.165, 1.54) is 0 Å². The number of likely N-dealkylation sites (N-methyl/N-ethyl adjacent to an activating group) is 1. The molecule has 1 aromatic rings. The Hall–Kier alpha value is -1.76. The first-order valence-electron chi connectivity index (χ1n) is 6.59. The smallest absolute Gasteiger partial charge is 0.275 e. The fraction of sp³-hybridized carbons (Fsp3) is 0.538. The first kappa shape index (κ1) is 16.3. The molecule has 0 spiro atoms. The van der Waals surface area contributed by atoms with Gasteiger partial charge in [0, 0.05) is 13.1 Å². The van der Waals surface area contributed by atoms with E-state index in [-0.39, 0.29) is 5.69 Å². The van der Waals surface area contributed by atoms with Crippen molar-refractivity contribution in [3.63, 3.8) is 0 Å². The third-order valence-electron chi connectivity index (χ3n) is 2.95. The van der Waals surface area contributed by atoms with Gasteiger partial charge in [-0.05, 0) is 19.5 Å². The van der Waals surface area contributed by atoms with Crippen LogP contribution in [0.5, 0.6) is 0 Å². The van der Waals surface area contributed by atoms with E-state index in [1.807, 2.05) is 6.92 Å². The number of halogens is 2. The lowest BCUT2D eigenvalue weighted by molar-refractivity contribution is -0.385. The van der Waals surface area contributed by atoms with Crippen LogP contribution in [0.25, 0.3) is 0 Å². The predicted molar refractivity (Wildman–Crippen MR) is 73.9 cm³/mol. The quantitative estimate of drug-likeness (QED) is 0.590. The molecule has 5 nitrogen and oxygen atoms in total. The highest BCUT2D eigenvalue weighted by Crippen LogP contribution is 2.24. The number of hydrogen-bond acceptors (Lipinski definition) is 4.